The van der Waals surface area contributed by atoms with Gasteiger partial charge in [-0.3, -0.25) is 0 Å². The van der Waals surface area contributed by atoms with Gasteiger partial charge in [0, 0.05) is 14.2 Å². The lowest BCUT2D eigenvalue weighted by atomic mass is 10.1. The number of hydrogen-bond donors (Lipinski definition) is 0. The number of fused-ring (bicyclic) bond motifs is 1. The van der Waals surface area contributed by atoms with E-state index in [1.54, 1.807) is 18.2 Å². The second-order valence-corrected chi connectivity index (χ2v) is 5.57. The van der Waals surface area contributed by atoms with Gasteiger partial charge in [-0.1, -0.05) is 34.5 Å². The predicted octanol–water partition coefficient (Wildman–Crippen LogP) is 4.10. The minimum atomic E-state index is -2.48. The number of aromatic nitrogens is 5. The van der Waals surface area contributed by atoms with E-state index in [4.69, 9.17) is 38.9 Å². The fourth-order valence-corrected chi connectivity index (χ4v) is 2.77. The van der Waals surface area contributed by atoms with Crippen LogP contribution in [0.1, 0.15) is 28.3 Å². The summed E-state index contributed by atoms with van der Waals surface area (Å²) in [5, 5.41) is 8.71. The standard InChI is InChI=1S/C13H10Cl3N5/c1-6-11-12(18-13(16)17-6)21(20-19-11)7(2)9-4-3-8(14)5-10(9)15/h3-5,7H,1-2H3/t7-/m1/s1/i1D3. The summed E-state index contributed by atoms with van der Waals surface area (Å²) in [5.74, 6) is 0. The van der Waals surface area contributed by atoms with Gasteiger partial charge >= 0.3 is 0 Å². The average Bonchev–Trinajstić information content (AvgIpc) is 2.88. The van der Waals surface area contributed by atoms with Crippen LogP contribution in [-0.2, 0) is 0 Å². The van der Waals surface area contributed by atoms with Crippen molar-refractivity contribution in [1.82, 2.24) is 25.0 Å². The summed E-state index contributed by atoms with van der Waals surface area (Å²) in [6, 6.07) is 4.71. The lowest BCUT2D eigenvalue weighted by Gasteiger charge is -2.14. The molecule has 0 spiro atoms. The Labute approximate surface area is 140 Å². The van der Waals surface area contributed by atoms with Gasteiger partial charge in [-0.05, 0) is 43.1 Å². The molecule has 2 heterocycles. The van der Waals surface area contributed by atoms with E-state index in [0.29, 0.717) is 10.0 Å². The molecule has 8 heteroatoms. The molecule has 0 fully saturated rings. The van der Waals surface area contributed by atoms with Crippen LogP contribution >= 0.6 is 34.8 Å². The van der Waals surface area contributed by atoms with Gasteiger partial charge in [0.05, 0.1) is 11.7 Å². The number of hydrogen-bond acceptors (Lipinski definition) is 4. The van der Waals surface area contributed by atoms with E-state index >= 15 is 0 Å². The summed E-state index contributed by atoms with van der Waals surface area (Å²) in [6.45, 7) is -0.652. The maximum absolute atomic E-state index is 7.56. The minimum Gasteiger partial charge on any atom is -0.221 e. The van der Waals surface area contributed by atoms with Gasteiger partial charge in [-0.15, -0.1) is 5.10 Å². The molecule has 0 saturated heterocycles. The van der Waals surface area contributed by atoms with E-state index in [2.05, 4.69) is 20.3 Å². The van der Waals surface area contributed by atoms with Crippen molar-refractivity contribution in [1.29, 1.82) is 0 Å². The molecule has 1 atom stereocenters. The highest BCUT2D eigenvalue weighted by Gasteiger charge is 2.19. The smallest absolute Gasteiger partial charge is 0.221 e. The molecule has 108 valence electrons. The molecule has 0 bridgehead atoms. The molecule has 0 amide bonds. The normalized spacial score (nSPS) is 15.5. The van der Waals surface area contributed by atoms with Crippen LogP contribution in [0.3, 0.4) is 0 Å². The van der Waals surface area contributed by atoms with Crippen LogP contribution in [0, 0.1) is 6.85 Å². The molecular formula is C13H10Cl3N5. The molecule has 0 aliphatic carbocycles. The molecule has 0 N–H and O–H groups in total. The Bertz CT molecular complexity index is 925. The van der Waals surface area contributed by atoms with Gasteiger partial charge in [0.2, 0.25) is 5.28 Å². The maximum Gasteiger partial charge on any atom is 0.224 e. The zero-order valence-electron chi connectivity index (χ0n) is 13.7. The third-order valence-electron chi connectivity index (χ3n) is 3.08. The summed E-state index contributed by atoms with van der Waals surface area (Å²) in [4.78, 5) is 7.86. The highest BCUT2D eigenvalue weighted by atomic mass is 35.5. The summed E-state index contributed by atoms with van der Waals surface area (Å²) in [6.07, 6.45) is 0. The number of aryl methyl sites for hydroxylation is 1. The fourth-order valence-electron chi connectivity index (χ4n) is 2.04. The van der Waals surface area contributed by atoms with Gasteiger partial charge in [-0.2, -0.15) is 4.98 Å². The van der Waals surface area contributed by atoms with Crippen molar-refractivity contribution >= 4 is 46.0 Å². The van der Waals surface area contributed by atoms with Crippen LogP contribution < -0.4 is 0 Å². The van der Waals surface area contributed by atoms with E-state index in [9.17, 15) is 0 Å². The first-order chi connectivity index (χ1) is 11.2. The molecule has 5 nitrogen and oxygen atoms in total. The lowest BCUT2D eigenvalue weighted by molar-refractivity contribution is 0.556. The molecule has 2 aromatic heterocycles. The zero-order valence-corrected chi connectivity index (χ0v) is 12.9. The van der Waals surface area contributed by atoms with Crippen molar-refractivity contribution in [3.8, 4) is 0 Å². The van der Waals surface area contributed by atoms with Gasteiger partial charge in [-0.25, -0.2) is 9.67 Å². The monoisotopic (exact) mass is 344 g/mol. The van der Waals surface area contributed by atoms with Crippen LogP contribution in [0.25, 0.3) is 11.2 Å². The highest BCUT2D eigenvalue weighted by Crippen LogP contribution is 2.29. The van der Waals surface area contributed by atoms with Crippen molar-refractivity contribution in [2.75, 3.05) is 0 Å². The van der Waals surface area contributed by atoms with Crippen molar-refractivity contribution in [2.24, 2.45) is 0 Å². The minimum absolute atomic E-state index is 0.0799. The second-order valence-electron chi connectivity index (χ2n) is 4.39. The Morgan fingerprint density at radius 3 is 2.76 bits per heavy atom. The molecule has 3 aromatic rings. The summed E-state index contributed by atoms with van der Waals surface area (Å²) in [7, 11) is 0. The largest absolute Gasteiger partial charge is 0.224 e. The third-order valence-corrected chi connectivity index (χ3v) is 3.81. The van der Waals surface area contributed by atoms with Crippen LogP contribution in [0.5, 0.6) is 0 Å². The van der Waals surface area contributed by atoms with Gasteiger partial charge in [0.1, 0.15) is 0 Å². The van der Waals surface area contributed by atoms with E-state index in [1.165, 1.54) is 4.68 Å². The summed E-state index contributed by atoms with van der Waals surface area (Å²) >= 11 is 18.0. The lowest BCUT2D eigenvalue weighted by Crippen LogP contribution is -2.10. The van der Waals surface area contributed by atoms with E-state index in [1.807, 2.05) is 6.92 Å². The topological polar surface area (TPSA) is 56.5 Å². The van der Waals surface area contributed by atoms with Crippen molar-refractivity contribution < 1.29 is 4.11 Å². The molecule has 0 radical (unpaired) electrons. The number of halogens is 3. The van der Waals surface area contributed by atoms with Gasteiger partial charge in [0.25, 0.3) is 0 Å². The molecule has 0 aliphatic heterocycles. The molecule has 3 rings (SSSR count). The molecule has 0 aliphatic rings. The Morgan fingerprint density at radius 1 is 1.24 bits per heavy atom. The number of nitrogens with zero attached hydrogens (tertiary/aromatic N) is 5. The predicted molar refractivity (Wildman–Crippen MR) is 83.1 cm³/mol. The van der Waals surface area contributed by atoms with Crippen molar-refractivity contribution in [2.45, 2.75) is 19.8 Å². The summed E-state index contributed by atoms with van der Waals surface area (Å²) < 4.78 is 24.1. The van der Waals surface area contributed by atoms with Crippen LogP contribution in [0.4, 0.5) is 0 Å². The van der Waals surface area contributed by atoms with Crippen LogP contribution in [-0.4, -0.2) is 25.0 Å². The Balaban J connectivity index is 2.19. The fraction of sp³-hybridized carbons (Fsp3) is 0.231. The molecular weight excluding hydrogens is 333 g/mol. The maximum atomic E-state index is 7.56. The SMILES string of the molecule is [2H]C([2H])([2H])c1nc(Cl)nc2c1nnn2[C@H](C)c1ccc(Cl)cc1Cl. The first-order valence-electron chi connectivity index (χ1n) is 7.42. The highest BCUT2D eigenvalue weighted by molar-refractivity contribution is 6.35. The average molecular weight is 346 g/mol. The Kier molecular flexibility index (Phi) is 2.88. The van der Waals surface area contributed by atoms with Crippen molar-refractivity contribution in [3.63, 3.8) is 0 Å². The first-order valence-corrected chi connectivity index (χ1v) is 7.05. The van der Waals surface area contributed by atoms with Crippen molar-refractivity contribution in [3.05, 3.63) is 44.8 Å². The quantitative estimate of drug-likeness (QED) is 0.656. The molecule has 21 heavy (non-hydrogen) atoms. The van der Waals surface area contributed by atoms with E-state index in [-0.39, 0.29) is 28.2 Å². The van der Waals surface area contributed by atoms with Gasteiger partial charge < -0.3 is 0 Å². The summed E-state index contributed by atoms with van der Waals surface area (Å²) in [5.41, 5.74) is 0.798. The third kappa shape index (κ3) is 2.57. The molecule has 1 aromatic carbocycles. The number of rotatable bonds is 2. The second kappa shape index (κ2) is 5.40. The van der Waals surface area contributed by atoms with Crippen LogP contribution in [0.2, 0.25) is 15.3 Å². The molecule has 0 unspecified atom stereocenters. The van der Waals surface area contributed by atoms with Crippen LogP contribution in [0.15, 0.2) is 18.2 Å². The van der Waals surface area contributed by atoms with E-state index in [0.717, 1.165) is 5.56 Å². The Morgan fingerprint density at radius 2 is 2.05 bits per heavy atom. The first kappa shape index (κ1) is 11.2. The molecule has 0 saturated carbocycles. The Hall–Kier alpha value is -1.43. The zero-order chi connectivity index (χ0) is 17.6. The van der Waals surface area contributed by atoms with E-state index < -0.39 is 6.85 Å². The van der Waals surface area contributed by atoms with Gasteiger partial charge in [0.15, 0.2) is 11.2 Å². The number of benzene rings is 1.